The first-order valence-corrected chi connectivity index (χ1v) is 3.23. The Morgan fingerprint density at radius 3 is 1.80 bits per heavy atom. The molecule has 0 atom stereocenters. The highest BCUT2D eigenvalue weighted by molar-refractivity contribution is 5.33. The van der Waals surface area contributed by atoms with Crippen LogP contribution in [0.1, 0.15) is 0 Å². The molecule has 0 amide bonds. The van der Waals surface area contributed by atoms with Crippen molar-refractivity contribution in [3.05, 3.63) is 34.7 Å². The maximum absolute atomic E-state index is 2.91. The van der Waals surface area contributed by atoms with Gasteiger partial charge >= 0.3 is 0 Å². The van der Waals surface area contributed by atoms with Crippen molar-refractivity contribution in [2.24, 2.45) is 0 Å². The highest BCUT2D eigenvalue weighted by Crippen LogP contribution is 1.72. The molecule has 0 aliphatic carbocycles. The molecule has 0 radical (unpaired) electrons. The molecule has 1 aliphatic heterocycles. The fourth-order valence-electron chi connectivity index (χ4n) is 1.01. The Morgan fingerprint density at radius 2 is 1.30 bits per heavy atom. The maximum atomic E-state index is 2.91. The van der Waals surface area contributed by atoms with Gasteiger partial charge in [0.1, 0.15) is 0 Å². The second-order valence-electron chi connectivity index (χ2n) is 2.21. The molecule has 2 heteroatoms. The molecule has 2 nitrogen and oxygen atoms in total. The summed E-state index contributed by atoms with van der Waals surface area (Å²) in [5.41, 5.74) is 5.82. The first-order chi connectivity index (χ1) is 4.97. The van der Waals surface area contributed by atoms with Crippen LogP contribution in [-0.4, -0.2) is 0 Å². The molecular formula is C8H8N2. The van der Waals surface area contributed by atoms with E-state index in [1.807, 2.05) is 24.5 Å². The van der Waals surface area contributed by atoms with E-state index in [2.05, 4.69) is 23.0 Å². The van der Waals surface area contributed by atoms with E-state index in [0.717, 1.165) is 0 Å². The van der Waals surface area contributed by atoms with Crippen LogP contribution in [0.4, 0.5) is 0 Å². The Morgan fingerprint density at radius 1 is 0.800 bits per heavy atom. The predicted octanol–water partition coefficient (Wildman–Crippen LogP) is -0.730. The van der Waals surface area contributed by atoms with Crippen LogP contribution in [0.15, 0.2) is 24.3 Å². The van der Waals surface area contributed by atoms with Crippen molar-refractivity contribution < 1.29 is 0 Å². The van der Waals surface area contributed by atoms with E-state index in [4.69, 9.17) is 0 Å². The van der Waals surface area contributed by atoms with Crippen molar-refractivity contribution in [1.82, 2.24) is 10.9 Å². The molecule has 50 valence electrons. The Balaban J connectivity index is 2.84. The van der Waals surface area contributed by atoms with Gasteiger partial charge in [0.2, 0.25) is 0 Å². The zero-order valence-corrected chi connectivity index (χ0v) is 5.46. The van der Waals surface area contributed by atoms with E-state index in [-0.39, 0.29) is 0 Å². The molecule has 0 unspecified atom stereocenters. The van der Waals surface area contributed by atoms with Gasteiger partial charge in [-0.05, 0) is 0 Å². The monoisotopic (exact) mass is 132 g/mol. The molecule has 0 spiro atoms. The molecule has 0 bridgehead atoms. The molecule has 1 aromatic rings. The van der Waals surface area contributed by atoms with Crippen molar-refractivity contribution in [2.75, 3.05) is 0 Å². The first-order valence-electron chi connectivity index (χ1n) is 3.23. The smallest absolute Gasteiger partial charge is 0.0256 e. The molecule has 2 N–H and O–H groups in total. The summed E-state index contributed by atoms with van der Waals surface area (Å²) in [4.78, 5) is 0. The number of hydrogen-bond acceptors (Lipinski definition) is 2. The van der Waals surface area contributed by atoms with Crippen LogP contribution in [0, 0.1) is 0 Å². The normalized spacial score (nSPS) is 13.2. The first kappa shape index (κ1) is 5.35. The summed E-state index contributed by atoms with van der Waals surface area (Å²) in [7, 11) is 0. The summed E-state index contributed by atoms with van der Waals surface area (Å²) < 4.78 is 0. The second kappa shape index (κ2) is 2.06. The molecule has 1 heterocycles. The SMILES string of the molecule is C1=c2ccccc2=CNN1. The Kier molecular flexibility index (Phi) is 1.10. The predicted molar refractivity (Wildman–Crippen MR) is 40.9 cm³/mol. The number of benzene rings is 1. The number of rotatable bonds is 0. The van der Waals surface area contributed by atoms with Crippen molar-refractivity contribution in [3.63, 3.8) is 0 Å². The summed E-state index contributed by atoms with van der Waals surface area (Å²) in [6.07, 6.45) is 3.88. The minimum atomic E-state index is 1.22. The number of nitrogens with one attached hydrogen (secondary N) is 2. The topological polar surface area (TPSA) is 24.1 Å². The van der Waals surface area contributed by atoms with E-state index in [0.29, 0.717) is 0 Å². The van der Waals surface area contributed by atoms with Gasteiger partial charge in [0.15, 0.2) is 0 Å². The third-order valence-corrected chi connectivity index (χ3v) is 1.53. The molecule has 0 fully saturated rings. The lowest BCUT2D eigenvalue weighted by Gasteiger charge is -2.03. The fourth-order valence-corrected chi connectivity index (χ4v) is 1.01. The zero-order chi connectivity index (χ0) is 6.81. The maximum Gasteiger partial charge on any atom is 0.0256 e. The third-order valence-electron chi connectivity index (χ3n) is 1.53. The average Bonchev–Trinajstić information content (AvgIpc) is 2.05. The molecule has 2 rings (SSSR count). The van der Waals surface area contributed by atoms with Gasteiger partial charge in [-0.15, -0.1) is 0 Å². The molecule has 1 aromatic carbocycles. The van der Waals surface area contributed by atoms with E-state index in [1.54, 1.807) is 0 Å². The molecule has 0 saturated heterocycles. The quantitative estimate of drug-likeness (QED) is 0.486. The van der Waals surface area contributed by atoms with Crippen LogP contribution < -0.4 is 21.3 Å². The lowest BCUT2D eigenvalue weighted by Crippen LogP contribution is -2.38. The number of hydrogen-bond donors (Lipinski definition) is 2. The molecule has 10 heavy (non-hydrogen) atoms. The summed E-state index contributed by atoms with van der Waals surface area (Å²) >= 11 is 0. The number of hydrazine groups is 1. The molecular weight excluding hydrogens is 124 g/mol. The Hall–Kier alpha value is -1.44. The summed E-state index contributed by atoms with van der Waals surface area (Å²) in [5, 5.41) is 2.45. The average molecular weight is 132 g/mol. The standard InChI is InChI=1S/C8H8N2/c1-2-4-8-6-10-9-5-7(8)3-1/h1-6,9-10H. The van der Waals surface area contributed by atoms with Crippen LogP contribution in [0.2, 0.25) is 0 Å². The zero-order valence-electron chi connectivity index (χ0n) is 5.46. The minimum Gasteiger partial charge on any atom is -0.308 e. The summed E-state index contributed by atoms with van der Waals surface area (Å²) in [6, 6.07) is 8.19. The van der Waals surface area contributed by atoms with Crippen molar-refractivity contribution in [1.29, 1.82) is 0 Å². The Labute approximate surface area is 58.8 Å². The molecule has 0 saturated carbocycles. The van der Waals surface area contributed by atoms with Gasteiger partial charge < -0.3 is 10.9 Å². The van der Waals surface area contributed by atoms with Crippen LogP contribution in [0.25, 0.3) is 12.4 Å². The second-order valence-corrected chi connectivity index (χ2v) is 2.21. The minimum absolute atomic E-state index is 1.22. The van der Waals surface area contributed by atoms with Gasteiger partial charge in [-0.2, -0.15) is 0 Å². The largest absolute Gasteiger partial charge is 0.308 e. The van der Waals surface area contributed by atoms with Gasteiger partial charge in [-0.25, -0.2) is 0 Å². The van der Waals surface area contributed by atoms with Crippen molar-refractivity contribution in [2.45, 2.75) is 0 Å². The van der Waals surface area contributed by atoms with Crippen LogP contribution >= 0.6 is 0 Å². The highest BCUT2D eigenvalue weighted by atomic mass is 15.3. The van der Waals surface area contributed by atoms with E-state index in [9.17, 15) is 0 Å². The van der Waals surface area contributed by atoms with E-state index in [1.165, 1.54) is 10.4 Å². The van der Waals surface area contributed by atoms with E-state index >= 15 is 0 Å². The lowest BCUT2D eigenvalue weighted by atomic mass is 10.2. The molecule has 0 aromatic heterocycles. The fraction of sp³-hybridized carbons (Fsp3) is 0. The van der Waals surface area contributed by atoms with Gasteiger partial charge in [0.25, 0.3) is 0 Å². The summed E-state index contributed by atoms with van der Waals surface area (Å²) in [5.74, 6) is 0. The Bertz CT molecular complexity index is 306. The lowest BCUT2D eigenvalue weighted by molar-refractivity contribution is 0.844. The van der Waals surface area contributed by atoms with E-state index < -0.39 is 0 Å². The van der Waals surface area contributed by atoms with Gasteiger partial charge in [-0.1, -0.05) is 24.3 Å². The van der Waals surface area contributed by atoms with Crippen LogP contribution in [-0.2, 0) is 0 Å². The van der Waals surface area contributed by atoms with Gasteiger partial charge in [-0.3, -0.25) is 0 Å². The number of fused-ring (bicyclic) bond motifs is 1. The molecule has 1 aliphatic rings. The summed E-state index contributed by atoms with van der Waals surface area (Å²) in [6.45, 7) is 0. The van der Waals surface area contributed by atoms with Crippen molar-refractivity contribution in [3.8, 4) is 0 Å². The van der Waals surface area contributed by atoms with Crippen LogP contribution in [0.5, 0.6) is 0 Å². The third kappa shape index (κ3) is 0.739. The van der Waals surface area contributed by atoms with Crippen molar-refractivity contribution >= 4 is 12.4 Å². The van der Waals surface area contributed by atoms with Crippen LogP contribution in [0.3, 0.4) is 0 Å². The van der Waals surface area contributed by atoms with Gasteiger partial charge in [0.05, 0.1) is 0 Å². The van der Waals surface area contributed by atoms with Gasteiger partial charge in [0, 0.05) is 22.8 Å². The highest BCUT2D eigenvalue weighted by Gasteiger charge is 1.86.